The zero-order valence-corrected chi connectivity index (χ0v) is 17.3. The van der Waals surface area contributed by atoms with Crippen LogP contribution < -0.4 is 14.9 Å². The highest BCUT2D eigenvalue weighted by molar-refractivity contribution is 9.10. The molecule has 0 unspecified atom stereocenters. The fourth-order valence-electron chi connectivity index (χ4n) is 2.45. The Hall–Kier alpha value is -2.98. The van der Waals surface area contributed by atoms with E-state index in [4.69, 9.17) is 9.47 Å². The fourth-order valence-corrected chi connectivity index (χ4v) is 3.66. The van der Waals surface area contributed by atoms with E-state index >= 15 is 0 Å². The number of nitrogens with zero attached hydrogens (tertiary/aromatic N) is 3. The van der Waals surface area contributed by atoms with Gasteiger partial charge in [-0.15, -0.1) is 11.3 Å². The lowest BCUT2D eigenvalue weighted by atomic mass is 10.1. The number of anilines is 1. The number of hydrogen-bond donors (Lipinski definition) is 1. The molecule has 0 aliphatic heterocycles. The number of halogens is 1. The van der Waals surface area contributed by atoms with Crippen molar-refractivity contribution in [2.24, 2.45) is 5.10 Å². The fraction of sp³-hybridized carbons (Fsp3) is 0.111. The number of methoxy groups -OCH3 is 2. The van der Waals surface area contributed by atoms with Crippen molar-refractivity contribution in [2.75, 3.05) is 19.6 Å². The molecule has 0 radical (unpaired) electrons. The van der Waals surface area contributed by atoms with E-state index < -0.39 is 4.92 Å². The van der Waals surface area contributed by atoms with Crippen molar-refractivity contribution >= 4 is 44.3 Å². The highest BCUT2D eigenvalue weighted by Gasteiger charge is 2.23. The Morgan fingerprint density at radius 3 is 2.68 bits per heavy atom. The Labute approximate surface area is 173 Å². The van der Waals surface area contributed by atoms with Crippen LogP contribution in [0.15, 0.2) is 51.4 Å². The lowest BCUT2D eigenvalue weighted by Crippen LogP contribution is -2.01. The van der Waals surface area contributed by atoms with E-state index in [2.05, 4.69) is 31.4 Å². The third-order valence-corrected chi connectivity index (χ3v) is 5.33. The third-order valence-electron chi connectivity index (χ3n) is 3.75. The summed E-state index contributed by atoms with van der Waals surface area (Å²) < 4.78 is 10.8. The zero-order valence-electron chi connectivity index (χ0n) is 14.9. The Balaban J connectivity index is 1.87. The molecule has 0 aliphatic rings. The molecule has 0 bridgehead atoms. The number of benzene rings is 2. The number of hydrazone groups is 1. The smallest absolute Gasteiger partial charge is 0.288 e. The van der Waals surface area contributed by atoms with Gasteiger partial charge in [0.05, 0.1) is 42.7 Å². The maximum absolute atomic E-state index is 11.3. The van der Waals surface area contributed by atoms with Crippen LogP contribution in [0.1, 0.15) is 5.56 Å². The molecule has 0 saturated carbocycles. The van der Waals surface area contributed by atoms with Gasteiger partial charge in [0.15, 0.2) is 11.5 Å². The summed E-state index contributed by atoms with van der Waals surface area (Å²) in [4.78, 5) is 15.2. The first kappa shape index (κ1) is 19.8. The molecule has 8 nitrogen and oxygen atoms in total. The molecule has 1 N–H and O–H groups in total. The molecule has 3 aromatic rings. The normalized spacial score (nSPS) is 10.8. The van der Waals surface area contributed by atoms with Crippen molar-refractivity contribution in [1.82, 2.24) is 4.98 Å². The number of ether oxygens (including phenoxy) is 2. The van der Waals surface area contributed by atoms with Crippen molar-refractivity contribution < 1.29 is 14.4 Å². The van der Waals surface area contributed by atoms with E-state index in [0.717, 1.165) is 11.3 Å². The monoisotopic (exact) mass is 462 g/mol. The minimum atomic E-state index is -0.510. The van der Waals surface area contributed by atoms with Crippen molar-refractivity contribution in [1.29, 1.82) is 0 Å². The van der Waals surface area contributed by atoms with E-state index in [9.17, 15) is 10.1 Å². The van der Waals surface area contributed by atoms with Gasteiger partial charge in [0.25, 0.3) is 5.69 Å². The van der Waals surface area contributed by atoms with Crippen molar-refractivity contribution in [2.45, 2.75) is 0 Å². The molecule has 10 heteroatoms. The Morgan fingerprint density at radius 1 is 1.29 bits per heavy atom. The molecule has 1 aromatic heterocycles. The summed E-state index contributed by atoms with van der Waals surface area (Å²) >= 11 is 4.65. The van der Waals surface area contributed by atoms with E-state index in [1.54, 1.807) is 0 Å². The van der Waals surface area contributed by atoms with Gasteiger partial charge in [-0.05, 0) is 15.9 Å². The first-order valence-electron chi connectivity index (χ1n) is 7.94. The summed E-state index contributed by atoms with van der Waals surface area (Å²) in [6.07, 6.45) is 1.42. The number of nitro benzene ring substituents is 1. The van der Waals surface area contributed by atoms with Crippen LogP contribution in [0.3, 0.4) is 0 Å². The predicted molar refractivity (Wildman–Crippen MR) is 113 cm³/mol. The second-order valence-electron chi connectivity index (χ2n) is 5.39. The first-order valence-corrected chi connectivity index (χ1v) is 9.61. The number of nitro groups is 1. The van der Waals surface area contributed by atoms with Gasteiger partial charge in [-0.25, -0.2) is 4.98 Å². The third kappa shape index (κ3) is 4.12. The van der Waals surface area contributed by atoms with Gasteiger partial charge >= 0.3 is 0 Å². The molecular formula is C18H15BrN4O4S. The average Bonchev–Trinajstić information content (AvgIpc) is 3.18. The quantitative estimate of drug-likeness (QED) is 0.303. The van der Waals surface area contributed by atoms with Crippen LogP contribution in [0, 0.1) is 10.1 Å². The topological polar surface area (TPSA) is 98.9 Å². The van der Waals surface area contributed by atoms with Crippen molar-refractivity contribution in [3.63, 3.8) is 0 Å². The van der Waals surface area contributed by atoms with Crippen LogP contribution in [-0.4, -0.2) is 30.3 Å². The number of hydrogen-bond acceptors (Lipinski definition) is 8. The summed E-state index contributed by atoms with van der Waals surface area (Å²) in [6.45, 7) is 0. The van der Waals surface area contributed by atoms with Gasteiger partial charge in [0, 0.05) is 10.9 Å². The molecule has 0 amide bonds. The van der Waals surface area contributed by atoms with Crippen molar-refractivity contribution in [3.8, 4) is 22.8 Å². The molecular weight excluding hydrogens is 448 g/mol. The lowest BCUT2D eigenvalue weighted by molar-refractivity contribution is -0.385. The highest BCUT2D eigenvalue weighted by Crippen LogP contribution is 2.41. The summed E-state index contributed by atoms with van der Waals surface area (Å²) in [6, 6.07) is 11.1. The van der Waals surface area contributed by atoms with Crippen LogP contribution in [-0.2, 0) is 0 Å². The SMILES string of the molecule is COc1cc([N+](=O)[O-])c(Br)c(C=NNc2nc(-c3ccccc3)cs2)c1OC. The standard InChI is InChI=1S/C18H15BrN4O4S/c1-26-15-8-14(23(24)25)16(19)12(17(15)27-2)9-20-22-18-21-13(10-28-18)11-6-4-3-5-7-11/h3-10H,1-2H3,(H,21,22). The Morgan fingerprint density at radius 2 is 2.04 bits per heavy atom. The molecule has 2 aromatic carbocycles. The van der Waals surface area contributed by atoms with Crippen LogP contribution in [0.4, 0.5) is 10.8 Å². The summed E-state index contributed by atoms with van der Waals surface area (Å²) in [5, 5.41) is 17.9. The van der Waals surface area contributed by atoms with Crippen LogP contribution in [0.2, 0.25) is 0 Å². The largest absolute Gasteiger partial charge is 0.493 e. The average molecular weight is 463 g/mol. The van der Waals surface area contributed by atoms with Crippen LogP contribution >= 0.6 is 27.3 Å². The molecule has 1 heterocycles. The second kappa shape index (κ2) is 8.81. The van der Waals surface area contributed by atoms with Gasteiger partial charge in [-0.1, -0.05) is 30.3 Å². The summed E-state index contributed by atoms with van der Waals surface area (Å²) in [7, 11) is 2.86. The molecule has 0 saturated heterocycles. The number of nitrogens with one attached hydrogen (secondary N) is 1. The van der Waals surface area contributed by atoms with E-state index in [1.165, 1.54) is 37.8 Å². The Bertz CT molecular complexity index is 1020. The highest BCUT2D eigenvalue weighted by atomic mass is 79.9. The number of thiazole rings is 1. The summed E-state index contributed by atoms with van der Waals surface area (Å²) in [5.41, 5.74) is 4.90. The van der Waals surface area contributed by atoms with E-state index in [-0.39, 0.29) is 15.9 Å². The zero-order chi connectivity index (χ0) is 20.1. The number of rotatable bonds is 7. The van der Waals surface area contributed by atoms with Gasteiger partial charge in [0.1, 0.15) is 4.47 Å². The lowest BCUT2D eigenvalue weighted by Gasteiger charge is -2.12. The molecule has 0 atom stereocenters. The number of aromatic nitrogens is 1. The van der Waals surface area contributed by atoms with Gasteiger partial charge < -0.3 is 9.47 Å². The van der Waals surface area contributed by atoms with Gasteiger partial charge in [-0.2, -0.15) is 5.10 Å². The second-order valence-corrected chi connectivity index (χ2v) is 7.04. The van der Waals surface area contributed by atoms with E-state index in [1.807, 2.05) is 35.7 Å². The van der Waals surface area contributed by atoms with Crippen LogP contribution in [0.5, 0.6) is 11.5 Å². The van der Waals surface area contributed by atoms with E-state index in [0.29, 0.717) is 16.4 Å². The summed E-state index contributed by atoms with van der Waals surface area (Å²) in [5.74, 6) is 0.564. The molecule has 0 fully saturated rings. The molecule has 144 valence electrons. The van der Waals surface area contributed by atoms with Crippen LogP contribution in [0.25, 0.3) is 11.3 Å². The van der Waals surface area contributed by atoms with Gasteiger partial charge in [-0.3, -0.25) is 15.5 Å². The first-order chi connectivity index (χ1) is 13.5. The molecule has 3 rings (SSSR count). The van der Waals surface area contributed by atoms with Gasteiger partial charge in [0.2, 0.25) is 5.13 Å². The molecule has 28 heavy (non-hydrogen) atoms. The minimum absolute atomic E-state index is 0.153. The maximum atomic E-state index is 11.3. The Kier molecular flexibility index (Phi) is 6.22. The molecule has 0 aliphatic carbocycles. The molecule has 0 spiro atoms. The maximum Gasteiger partial charge on any atom is 0.288 e. The van der Waals surface area contributed by atoms with Crippen molar-refractivity contribution in [3.05, 3.63) is 61.9 Å². The minimum Gasteiger partial charge on any atom is -0.493 e. The predicted octanol–water partition coefficient (Wildman–Crippen LogP) is 4.94.